The minimum atomic E-state index is -0.0647. The zero-order chi connectivity index (χ0) is 22.3. The fourth-order valence-electron chi connectivity index (χ4n) is 3.38. The molecule has 0 spiro atoms. The molecule has 2 nitrogen and oxygen atoms in total. The van der Waals surface area contributed by atoms with E-state index < -0.39 is 0 Å². The molecule has 0 aromatic heterocycles. The Labute approximate surface area is 176 Å². The molecule has 2 heteroatoms. The average Bonchev–Trinajstić information content (AvgIpc) is 2.55. The second-order valence-electron chi connectivity index (χ2n) is 10.3. The number of hydrogen-bond acceptors (Lipinski definition) is 2. The molecule has 0 saturated heterocycles. The topological polar surface area (TPSA) is 40.5 Å². The normalized spacial score (nSPS) is 12.1. The van der Waals surface area contributed by atoms with Crippen molar-refractivity contribution in [1.29, 1.82) is 0 Å². The third-order valence-electron chi connectivity index (χ3n) is 5.41. The Balaban J connectivity index is 2.73. The highest BCUT2D eigenvalue weighted by molar-refractivity contribution is 5.72. The molecule has 0 aliphatic rings. The summed E-state index contributed by atoms with van der Waals surface area (Å²) in [6.45, 7) is 24.8. The molecule has 29 heavy (non-hydrogen) atoms. The van der Waals surface area contributed by atoms with Crippen molar-refractivity contribution in [3.8, 4) is 11.5 Å². The Bertz CT molecular complexity index is 884. The van der Waals surface area contributed by atoms with Gasteiger partial charge < -0.3 is 10.2 Å². The molecule has 0 fully saturated rings. The Morgan fingerprint density at radius 1 is 0.690 bits per heavy atom. The molecular formula is C27H36O2. The Hall–Kier alpha value is -2.48. The van der Waals surface area contributed by atoms with E-state index >= 15 is 0 Å². The van der Waals surface area contributed by atoms with Crippen LogP contribution in [0.5, 0.6) is 11.5 Å². The number of phenolic OH excluding ortho intramolecular Hbond substituents is 2. The monoisotopic (exact) mass is 392 g/mol. The second kappa shape index (κ2) is 7.74. The van der Waals surface area contributed by atoms with Crippen molar-refractivity contribution in [2.45, 2.75) is 72.6 Å². The first kappa shape index (κ1) is 22.8. The van der Waals surface area contributed by atoms with E-state index in [1.54, 1.807) is 0 Å². The minimum absolute atomic E-state index is 0.0647. The smallest absolute Gasteiger partial charge is 0.126 e. The predicted molar refractivity (Wildman–Crippen MR) is 126 cm³/mol. The summed E-state index contributed by atoms with van der Waals surface area (Å²) in [4.78, 5) is 0. The standard InChI is InChI=1S/C27H36O2/c1-16(2)22-14-20(26(5,6)7)12-18(24(22)28)11-19-13-21(27(8,9)10)15-23(17(3)4)25(19)29/h12-15,28-29H,1,3,11H2,2,4-10H3. The van der Waals surface area contributed by atoms with Crippen molar-refractivity contribution >= 4 is 11.1 Å². The van der Waals surface area contributed by atoms with Gasteiger partial charge in [0.2, 0.25) is 0 Å². The van der Waals surface area contributed by atoms with Gasteiger partial charge in [0.25, 0.3) is 0 Å². The number of hydrogen-bond donors (Lipinski definition) is 2. The van der Waals surface area contributed by atoms with E-state index in [1.807, 2.05) is 38.1 Å². The van der Waals surface area contributed by atoms with E-state index in [1.165, 1.54) is 0 Å². The minimum Gasteiger partial charge on any atom is -0.507 e. The number of aromatic hydroxyl groups is 2. The van der Waals surface area contributed by atoms with Crippen molar-refractivity contribution in [2.24, 2.45) is 0 Å². The van der Waals surface area contributed by atoms with Crippen LogP contribution < -0.4 is 0 Å². The lowest BCUT2D eigenvalue weighted by molar-refractivity contribution is 0.459. The van der Waals surface area contributed by atoms with Gasteiger partial charge in [0, 0.05) is 17.5 Å². The molecular weight excluding hydrogens is 356 g/mol. The highest BCUT2D eigenvalue weighted by Crippen LogP contribution is 2.39. The van der Waals surface area contributed by atoms with Crippen LogP contribution in [0.1, 0.15) is 88.8 Å². The molecule has 0 atom stereocenters. The van der Waals surface area contributed by atoms with Crippen molar-refractivity contribution in [2.75, 3.05) is 0 Å². The van der Waals surface area contributed by atoms with Crippen LogP contribution >= 0.6 is 0 Å². The van der Waals surface area contributed by atoms with E-state index in [0.717, 1.165) is 44.5 Å². The van der Waals surface area contributed by atoms with Gasteiger partial charge in [0.15, 0.2) is 0 Å². The summed E-state index contributed by atoms with van der Waals surface area (Å²) in [6, 6.07) is 8.13. The summed E-state index contributed by atoms with van der Waals surface area (Å²) in [5, 5.41) is 21.9. The van der Waals surface area contributed by atoms with Gasteiger partial charge in [-0.05, 0) is 70.2 Å². The predicted octanol–water partition coefficient (Wildman–Crippen LogP) is 7.35. The molecule has 0 bridgehead atoms. The molecule has 0 unspecified atom stereocenters. The van der Waals surface area contributed by atoms with Gasteiger partial charge >= 0.3 is 0 Å². The van der Waals surface area contributed by atoms with Crippen LogP contribution in [0.15, 0.2) is 37.4 Å². The summed E-state index contributed by atoms with van der Waals surface area (Å²) in [5.41, 5.74) is 6.90. The molecule has 0 aliphatic heterocycles. The van der Waals surface area contributed by atoms with Crippen molar-refractivity contribution in [1.82, 2.24) is 0 Å². The van der Waals surface area contributed by atoms with Gasteiger partial charge in [-0.25, -0.2) is 0 Å². The molecule has 0 radical (unpaired) electrons. The largest absolute Gasteiger partial charge is 0.507 e. The van der Waals surface area contributed by atoms with Gasteiger partial charge in [0.05, 0.1) is 0 Å². The lowest BCUT2D eigenvalue weighted by atomic mass is 9.81. The third-order valence-corrected chi connectivity index (χ3v) is 5.41. The maximum atomic E-state index is 10.9. The van der Waals surface area contributed by atoms with Gasteiger partial charge in [-0.2, -0.15) is 0 Å². The Morgan fingerprint density at radius 3 is 1.24 bits per heavy atom. The lowest BCUT2D eigenvalue weighted by Gasteiger charge is -2.24. The Kier molecular flexibility index (Phi) is 6.09. The number of rotatable bonds is 4. The van der Waals surface area contributed by atoms with E-state index in [0.29, 0.717) is 6.42 Å². The second-order valence-corrected chi connectivity index (χ2v) is 10.3. The van der Waals surface area contributed by atoms with Crippen LogP contribution in [0, 0.1) is 0 Å². The highest BCUT2D eigenvalue weighted by Gasteiger charge is 2.22. The lowest BCUT2D eigenvalue weighted by Crippen LogP contribution is -2.13. The molecule has 0 saturated carbocycles. The highest BCUT2D eigenvalue weighted by atomic mass is 16.3. The van der Waals surface area contributed by atoms with E-state index in [2.05, 4.69) is 54.7 Å². The summed E-state index contributed by atoms with van der Waals surface area (Å²) < 4.78 is 0. The van der Waals surface area contributed by atoms with Crippen molar-refractivity contribution in [3.05, 3.63) is 70.8 Å². The van der Waals surface area contributed by atoms with E-state index in [4.69, 9.17) is 0 Å². The summed E-state index contributed by atoms with van der Waals surface area (Å²) in [6.07, 6.45) is 0.437. The third kappa shape index (κ3) is 4.93. The van der Waals surface area contributed by atoms with Crippen LogP contribution in [0.4, 0.5) is 0 Å². The van der Waals surface area contributed by atoms with Crippen LogP contribution in [0.2, 0.25) is 0 Å². The Morgan fingerprint density at radius 2 is 1.00 bits per heavy atom. The van der Waals surface area contributed by atoms with Crippen LogP contribution in [-0.2, 0) is 17.3 Å². The zero-order valence-corrected chi connectivity index (χ0v) is 19.3. The van der Waals surface area contributed by atoms with E-state index in [-0.39, 0.29) is 22.3 Å². The first-order chi connectivity index (χ1) is 13.1. The van der Waals surface area contributed by atoms with Crippen LogP contribution in [0.3, 0.4) is 0 Å². The molecule has 0 heterocycles. The first-order valence-corrected chi connectivity index (χ1v) is 10.2. The number of allylic oxidation sites excluding steroid dienone is 2. The fraction of sp³-hybridized carbons (Fsp3) is 0.407. The molecule has 156 valence electrons. The molecule has 2 aromatic carbocycles. The molecule has 2 rings (SSSR count). The first-order valence-electron chi connectivity index (χ1n) is 10.2. The van der Waals surface area contributed by atoms with Crippen molar-refractivity contribution in [3.63, 3.8) is 0 Å². The van der Waals surface area contributed by atoms with Gasteiger partial charge in [-0.3, -0.25) is 0 Å². The summed E-state index contributed by atoms with van der Waals surface area (Å²) in [7, 11) is 0. The summed E-state index contributed by atoms with van der Waals surface area (Å²) >= 11 is 0. The molecule has 0 amide bonds. The van der Waals surface area contributed by atoms with Gasteiger partial charge in [0.1, 0.15) is 11.5 Å². The van der Waals surface area contributed by atoms with Crippen LogP contribution in [0.25, 0.3) is 11.1 Å². The quantitative estimate of drug-likeness (QED) is 0.571. The van der Waals surface area contributed by atoms with Gasteiger partial charge in [-0.15, -0.1) is 0 Å². The number of benzene rings is 2. The fourth-order valence-corrected chi connectivity index (χ4v) is 3.38. The number of phenols is 2. The van der Waals surface area contributed by atoms with E-state index in [9.17, 15) is 10.2 Å². The average molecular weight is 393 g/mol. The maximum Gasteiger partial charge on any atom is 0.126 e. The zero-order valence-electron chi connectivity index (χ0n) is 19.3. The molecule has 0 aliphatic carbocycles. The van der Waals surface area contributed by atoms with Crippen LogP contribution in [-0.4, -0.2) is 10.2 Å². The maximum absolute atomic E-state index is 10.9. The van der Waals surface area contributed by atoms with Gasteiger partial charge in [-0.1, -0.05) is 66.8 Å². The summed E-state index contributed by atoms with van der Waals surface area (Å²) in [5.74, 6) is 0.478. The van der Waals surface area contributed by atoms with Crippen molar-refractivity contribution < 1.29 is 10.2 Å². The SMILES string of the molecule is C=C(C)c1cc(C(C)(C)C)cc(Cc2cc(C(C)(C)C)cc(C(=C)C)c2O)c1O. The molecule has 2 aromatic rings. The molecule has 2 N–H and O–H groups in total.